The van der Waals surface area contributed by atoms with Crippen LogP contribution in [-0.4, -0.2) is 48.6 Å². The first-order valence-electron chi connectivity index (χ1n) is 5.42. The number of ether oxygens (including phenoxy) is 1. The Balaban J connectivity index is 2.35. The number of benzene rings is 1. The molecule has 3 N–H and O–H groups in total. The molecule has 0 aliphatic rings. The molecule has 0 atom stereocenters. The predicted molar refractivity (Wildman–Crippen MR) is 65.6 cm³/mol. The molecule has 0 aliphatic heterocycles. The molecule has 0 radical (unpaired) electrons. The first kappa shape index (κ1) is 14.0. The van der Waals surface area contributed by atoms with Gasteiger partial charge in [0.2, 0.25) is 5.91 Å². The second kappa shape index (κ2) is 6.61. The number of rotatable bonds is 7. The molecule has 0 unspecified atom stereocenters. The number of hydrogen-bond acceptors (Lipinski definition) is 4. The number of nitrogens with zero attached hydrogens (tertiary/aromatic N) is 1. The Hall–Kier alpha value is -2.08. The van der Waals surface area contributed by atoms with Crippen LogP contribution in [0.1, 0.15) is 10.4 Å². The lowest BCUT2D eigenvalue weighted by Crippen LogP contribution is -2.33. The summed E-state index contributed by atoms with van der Waals surface area (Å²) in [4.78, 5) is 23.0. The van der Waals surface area contributed by atoms with Crippen LogP contribution in [0.25, 0.3) is 0 Å². The van der Waals surface area contributed by atoms with Crippen molar-refractivity contribution in [2.75, 3.05) is 26.7 Å². The summed E-state index contributed by atoms with van der Waals surface area (Å²) in [6, 6.07) is 6.14. The van der Waals surface area contributed by atoms with Crippen molar-refractivity contribution in [3.63, 3.8) is 0 Å². The van der Waals surface area contributed by atoms with E-state index in [9.17, 15) is 9.59 Å². The number of likely N-dealkylation sites (N-methyl/N-ethyl adjacent to an activating group) is 1. The Morgan fingerprint density at radius 1 is 1.33 bits per heavy atom. The van der Waals surface area contributed by atoms with Crippen molar-refractivity contribution in [1.29, 1.82) is 0 Å². The fourth-order valence-electron chi connectivity index (χ4n) is 1.36. The summed E-state index contributed by atoms with van der Waals surface area (Å²) in [7, 11) is 1.77. The zero-order valence-electron chi connectivity index (χ0n) is 10.1. The summed E-state index contributed by atoms with van der Waals surface area (Å²) in [5.41, 5.74) is 5.26. The van der Waals surface area contributed by atoms with Gasteiger partial charge >= 0.3 is 5.97 Å². The van der Waals surface area contributed by atoms with Gasteiger partial charge in [0.1, 0.15) is 12.4 Å². The average molecular weight is 252 g/mol. The van der Waals surface area contributed by atoms with E-state index in [0.29, 0.717) is 18.9 Å². The van der Waals surface area contributed by atoms with Crippen LogP contribution >= 0.6 is 0 Å². The van der Waals surface area contributed by atoms with E-state index in [1.165, 1.54) is 12.1 Å². The van der Waals surface area contributed by atoms with Crippen LogP contribution in [0.15, 0.2) is 24.3 Å². The van der Waals surface area contributed by atoms with E-state index < -0.39 is 5.97 Å². The summed E-state index contributed by atoms with van der Waals surface area (Å²) in [6.45, 7) is 1.14. The second-order valence-corrected chi connectivity index (χ2v) is 3.88. The van der Waals surface area contributed by atoms with Crippen LogP contribution < -0.4 is 10.5 Å². The zero-order chi connectivity index (χ0) is 13.5. The minimum Gasteiger partial charge on any atom is -0.492 e. The number of carboxylic acid groups (broad SMARTS) is 1. The highest BCUT2D eigenvalue weighted by molar-refractivity contribution is 5.87. The minimum absolute atomic E-state index is 0.182. The van der Waals surface area contributed by atoms with E-state index in [2.05, 4.69) is 0 Å². The Labute approximate surface area is 105 Å². The van der Waals surface area contributed by atoms with Crippen molar-refractivity contribution in [2.45, 2.75) is 0 Å². The molecule has 1 aromatic carbocycles. The first-order valence-corrected chi connectivity index (χ1v) is 5.42. The van der Waals surface area contributed by atoms with Crippen molar-refractivity contribution >= 4 is 11.9 Å². The van der Waals surface area contributed by atoms with E-state index in [1.54, 1.807) is 24.1 Å². The highest BCUT2D eigenvalue weighted by Crippen LogP contribution is 2.11. The quantitative estimate of drug-likeness (QED) is 0.722. The van der Waals surface area contributed by atoms with Crippen LogP contribution in [-0.2, 0) is 4.79 Å². The molecule has 98 valence electrons. The monoisotopic (exact) mass is 252 g/mol. The van der Waals surface area contributed by atoms with Crippen molar-refractivity contribution in [2.24, 2.45) is 5.73 Å². The molecular weight excluding hydrogens is 236 g/mol. The first-order chi connectivity index (χ1) is 8.49. The zero-order valence-corrected chi connectivity index (χ0v) is 10.1. The standard InChI is InChI=1S/C12H16N2O4/c1-14(8-11(13)15)6-7-18-10-4-2-9(3-5-10)12(16)17/h2-5H,6-8H2,1H3,(H2,13,15)(H,16,17). The van der Waals surface area contributed by atoms with Gasteiger partial charge in [-0.05, 0) is 31.3 Å². The molecule has 0 aromatic heterocycles. The normalized spacial score (nSPS) is 10.3. The van der Waals surface area contributed by atoms with Crippen LogP contribution in [0.3, 0.4) is 0 Å². The average Bonchev–Trinajstić information content (AvgIpc) is 2.28. The van der Waals surface area contributed by atoms with Crippen LogP contribution in [0.2, 0.25) is 0 Å². The molecule has 6 heteroatoms. The molecule has 1 aromatic rings. The maximum Gasteiger partial charge on any atom is 0.335 e. The Bertz CT molecular complexity index is 417. The molecule has 1 amide bonds. The Kier molecular flexibility index (Phi) is 5.13. The fourth-order valence-corrected chi connectivity index (χ4v) is 1.36. The number of amides is 1. The van der Waals surface area contributed by atoms with Crippen LogP contribution in [0.4, 0.5) is 0 Å². The maximum absolute atomic E-state index is 10.6. The molecule has 0 spiro atoms. The molecule has 0 aliphatic carbocycles. The van der Waals surface area contributed by atoms with Gasteiger partial charge < -0.3 is 15.6 Å². The molecule has 18 heavy (non-hydrogen) atoms. The summed E-state index contributed by atoms with van der Waals surface area (Å²) in [5.74, 6) is -0.765. The highest BCUT2D eigenvalue weighted by Gasteiger charge is 2.04. The summed E-state index contributed by atoms with van der Waals surface area (Å²) in [5, 5.41) is 8.72. The SMILES string of the molecule is CN(CCOc1ccc(C(=O)O)cc1)CC(N)=O. The van der Waals surface area contributed by atoms with E-state index in [0.717, 1.165) is 0 Å². The van der Waals surface area contributed by atoms with E-state index in [-0.39, 0.29) is 18.0 Å². The van der Waals surface area contributed by atoms with Gasteiger partial charge in [-0.25, -0.2) is 4.79 Å². The summed E-state index contributed by atoms with van der Waals surface area (Å²) < 4.78 is 5.41. The van der Waals surface area contributed by atoms with Gasteiger partial charge in [0.15, 0.2) is 0 Å². The van der Waals surface area contributed by atoms with Gasteiger partial charge in [-0.2, -0.15) is 0 Å². The van der Waals surface area contributed by atoms with Crippen molar-refractivity contribution in [1.82, 2.24) is 4.90 Å². The number of aromatic carboxylic acids is 1. The summed E-state index contributed by atoms with van der Waals surface area (Å²) in [6.07, 6.45) is 0. The van der Waals surface area contributed by atoms with Gasteiger partial charge in [-0.15, -0.1) is 0 Å². The molecule has 0 fully saturated rings. The van der Waals surface area contributed by atoms with Crippen LogP contribution in [0.5, 0.6) is 5.75 Å². The molecular formula is C12H16N2O4. The molecule has 1 rings (SSSR count). The maximum atomic E-state index is 10.6. The molecule has 0 bridgehead atoms. The largest absolute Gasteiger partial charge is 0.492 e. The second-order valence-electron chi connectivity index (χ2n) is 3.88. The minimum atomic E-state index is -0.970. The lowest BCUT2D eigenvalue weighted by molar-refractivity contribution is -0.118. The topological polar surface area (TPSA) is 92.9 Å². The van der Waals surface area contributed by atoms with Gasteiger partial charge in [0.05, 0.1) is 12.1 Å². The van der Waals surface area contributed by atoms with Gasteiger partial charge in [0.25, 0.3) is 0 Å². The molecule has 0 saturated heterocycles. The Morgan fingerprint density at radius 3 is 2.44 bits per heavy atom. The molecule has 0 heterocycles. The predicted octanol–water partition coefficient (Wildman–Crippen LogP) is 0.181. The number of carbonyl (C=O) groups excluding carboxylic acids is 1. The van der Waals surface area contributed by atoms with E-state index >= 15 is 0 Å². The van der Waals surface area contributed by atoms with Crippen molar-refractivity contribution < 1.29 is 19.4 Å². The van der Waals surface area contributed by atoms with E-state index in [4.69, 9.17) is 15.6 Å². The van der Waals surface area contributed by atoms with Gasteiger partial charge in [-0.3, -0.25) is 9.69 Å². The number of nitrogens with two attached hydrogens (primary N) is 1. The third kappa shape index (κ3) is 4.84. The number of hydrogen-bond donors (Lipinski definition) is 2. The fraction of sp³-hybridized carbons (Fsp3) is 0.333. The van der Waals surface area contributed by atoms with Crippen molar-refractivity contribution in [3.05, 3.63) is 29.8 Å². The van der Waals surface area contributed by atoms with Crippen molar-refractivity contribution in [3.8, 4) is 5.75 Å². The van der Waals surface area contributed by atoms with E-state index in [1.807, 2.05) is 0 Å². The lowest BCUT2D eigenvalue weighted by atomic mass is 10.2. The third-order valence-corrected chi connectivity index (χ3v) is 2.27. The number of carbonyl (C=O) groups is 2. The summed E-state index contributed by atoms with van der Waals surface area (Å²) >= 11 is 0. The number of carboxylic acids is 1. The van der Waals surface area contributed by atoms with Gasteiger partial charge in [-0.1, -0.05) is 0 Å². The van der Waals surface area contributed by atoms with Crippen LogP contribution in [0, 0.1) is 0 Å². The Morgan fingerprint density at radius 2 is 1.94 bits per heavy atom. The smallest absolute Gasteiger partial charge is 0.335 e. The highest BCUT2D eigenvalue weighted by atomic mass is 16.5. The number of primary amides is 1. The molecule has 0 saturated carbocycles. The third-order valence-electron chi connectivity index (χ3n) is 2.27. The molecule has 6 nitrogen and oxygen atoms in total. The lowest BCUT2D eigenvalue weighted by Gasteiger charge is -2.14. The van der Waals surface area contributed by atoms with Gasteiger partial charge in [0, 0.05) is 6.54 Å².